The summed E-state index contributed by atoms with van der Waals surface area (Å²) in [5.41, 5.74) is 1.82. The Morgan fingerprint density at radius 3 is 2.33 bits per heavy atom. The number of benzene rings is 2. The summed E-state index contributed by atoms with van der Waals surface area (Å²) in [4.78, 5) is 27.7. The smallest absolute Gasteiger partial charge is 0.300 e. The van der Waals surface area contributed by atoms with E-state index in [1.807, 2.05) is 12.1 Å². The number of anilines is 1. The van der Waals surface area contributed by atoms with Crippen LogP contribution < -0.4 is 14.4 Å². The summed E-state index contributed by atoms with van der Waals surface area (Å²) >= 11 is 0. The van der Waals surface area contributed by atoms with E-state index in [-0.39, 0.29) is 16.9 Å². The summed E-state index contributed by atoms with van der Waals surface area (Å²) in [7, 11) is 2.96. The van der Waals surface area contributed by atoms with Gasteiger partial charge in [0.15, 0.2) is 0 Å². The molecule has 1 aromatic heterocycles. The summed E-state index contributed by atoms with van der Waals surface area (Å²) in [6.07, 6.45) is 1.46. The number of amides is 1. The third-order valence-electron chi connectivity index (χ3n) is 5.76. The van der Waals surface area contributed by atoms with E-state index in [9.17, 15) is 14.7 Å². The molecule has 0 spiro atoms. The molecule has 1 fully saturated rings. The number of nitrogens with zero attached hydrogens (tertiary/aromatic N) is 1. The van der Waals surface area contributed by atoms with Gasteiger partial charge in [-0.3, -0.25) is 14.5 Å². The SMILES string of the molecule is COc1ccc(/C(O)=C2/C(=O)C(=O)N(c3ccc(C(C)C)cc3)C2c2ccco2)c(OC)c1. The highest BCUT2D eigenvalue weighted by Crippen LogP contribution is 2.43. The van der Waals surface area contributed by atoms with Crippen LogP contribution in [0, 0.1) is 0 Å². The van der Waals surface area contributed by atoms with E-state index in [1.54, 1.807) is 42.5 Å². The van der Waals surface area contributed by atoms with Crippen molar-refractivity contribution in [2.75, 3.05) is 19.1 Å². The van der Waals surface area contributed by atoms with E-state index >= 15 is 0 Å². The first-order chi connectivity index (χ1) is 15.9. The van der Waals surface area contributed by atoms with Crippen molar-refractivity contribution in [2.24, 2.45) is 0 Å². The van der Waals surface area contributed by atoms with E-state index in [1.165, 1.54) is 25.4 Å². The van der Waals surface area contributed by atoms with Crippen molar-refractivity contribution in [1.82, 2.24) is 0 Å². The minimum atomic E-state index is -0.934. The van der Waals surface area contributed by atoms with Gasteiger partial charge >= 0.3 is 0 Å². The fourth-order valence-corrected chi connectivity index (χ4v) is 3.97. The van der Waals surface area contributed by atoms with Gasteiger partial charge in [0.2, 0.25) is 0 Å². The molecule has 0 aliphatic carbocycles. The second-order valence-electron chi connectivity index (χ2n) is 8.00. The highest BCUT2D eigenvalue weighted by atomic mass is 16.5. The molecule has 1 N–H and O–H groups in total. The summed E-state index contributed by atoms with van der Waals surface area (Å²) < 4.78 is 16.2. The van der Waals surface area contributed by atoms with Crippen LogP contribution in [0.15, 0.2) is 70.9 Å². The average molecular weight is 447 g/mol. The number of ether oxygens (including phenoxy) is 2. The van der Waals surface area contributed by atoms with Crippen molar-refractivity contribution in [3.05, 3.63) is 83.3 Å². The lowest BCUT2D eigenvalue weighted by atomic mass is 9.98. The standard InChI is InChI=1S/C26H25NO6/c1-15(2)16-7-9-17(10-8-16)27-23(20-6-5-13-33-20)22(25(29)26(27)30)24(28)19-12-11-18(31-3)14-21(19)32-4/h5-15,23,28H,1-4H3/b24-22-. The molecule has 1 unspecified atom stereocenters. The fourth-order valence-electron chi connectivity index (χ4n) is 3.97. The van der Waals surface area contributed by atoms with E-state index in [0.717, 1.165) is 5.56 Å². The zero-order valence-electron chi connectivity index (χ0n) is 18.9. The van der Waals surface area contributed by atoms with Crippen molar-refractivity contribution in [1.29, 1.82) is 0 Å². The second kappa shape index (κ2) is 8.86. The first kappa shape index (κ1) is 22.2. The molecule has 1 aliphatic heterocycles. The number of hydrogen-bond donors (Lipinski definition) is 1. The summed E-state index contributed by atoms with van der Waals surface area (Å²) in [6, 6.07) is 14.7. The van der Waals surface area contributed by atoms with E-state index in [2.05, 4.69) is 13.8 Å². The van der Waals surface area contributed by atoms with Gasteiger partial charge in [-0.05, 0) is 47.9 Å². The van der Waals surface area contributed by atoms with Crippen molar-refractivity contribution < 1.29 is 28.6 Å². The molecule has 2 heterocycles. The molecule has 0 radical (unpaired) electrons. The molecule has 2 aromatic carbocycles. The van der Waals surface area contributed by atoms with Gasteiger partial charge in [0.05, 0.1) is 31.6 Å². The first-order valence-corrected chi connectivity index (χ1v) is 10.5. The maximum atomic E-state index is 13.2. The van der Waals surface area contributed by atoms with Crippen LogP contribution in [0.1, 0.15) is 42.7 Å². The normalized spacial score (nSPS) is 17.6. The van der Waals surface area contributed by atoms with Gasteiger partial charge in [-0.1, -0.05) is 26.0 Å². The Kier molecular flexibility index (Phi) is 5.96. The number of rotatable bonds is 6. The predicted octanol–water partition coefficient (Wildman–Crippen LogP) is 5.05. The lowest BCUT2D eigenvalue weighted by Crippen LogP contribution is -2.29. The fraction of sp³-hybridized carbons (Fsp3) is 0.231. The Morgan fingerprint density at radius 1 is 1.03 bits per heavy atom. The van der Waals surface area contributed by atoms with Crippen molar-refractivity contribution in [2.45, 2.75) is 25.8 Å². The quantitative estimate of drug-likeness (QED) is 0.323. The Balaban J connectivity index is 1.89. The second-order valence-corrected chi connectivity index (χ2v) is 8.00. The topological polar surface area (TPSA) is 89.2 Å². The van der Waals surface area contributed by atoms with E-state index < -0.39 is 17.7 Å². The molecule has 0 bridgehead atoms. The van der Waals surface area contributed by atoms with Gasteiger partial charge < -0.3 is 19.0 Å². The van der Waals surface area contributed by atoms with E-state index in [4.69, 9.17) is 13.9 Å². The molecule has 33 heavy (non-hydrogen) atoms. The van der Waals surface area contributed by atoms with Gasteiger partial charge in [-0.15, -0.1) is 0 Å². The number of ketones is 1. The number of aliphatic hydroxyl groups excluding tert-OH is 1. The van der Waals surface area contributed by atoms with Crippen LogP contribution in [0.3, 0.4) is 0 Å². The number of carbonyl (C=O) groups excluding carboxylic acids is 2. The van der Waals surface area contributed by atoms with Gasteiger partial charge in [0.25, 0.3) is 11.7 Å². The predicted molar refractivity (Wildman–Crippen MR) is 124 cm³/mol. The number of aliphatic hydroxyl groups is 1. The maximum Gasteiger partial charge on any atom is 0.300 e. The Bertz CT molecular complexity index is 1210. The first-order valence-electron chi connectivity index (χ1n) is 10.5. The van der Waals surface area contributed by atoms with Crippen LogP contribution in [0.2, 0.25) is 0 Å². The number of Topliss-reactive ketones (excluding diaryl/α,β-unsaturated/α-hetero) is 1. The average Bonchev–Trinajstić information content (AvgIpc) is 3.45. The third-order valence-corrected chi connectivity index (χ3v) is 5.76. The molecular formula is C26H25NO6. The molecule has 7 nitrogen and oxygen atoms in total. The molecule has 1 saturated heterocycles. The summed E-state index contributed by atoms with van der Waals surface area (Å²) in [6.45, 7) is 4.15. The lowest BCUT2D eigenvalue weighted by Gasteiger charge is -2.24. The summed E-state index contributed by atoms with van der Waals surface area (Å²) in [5.74, 6) is -0.402. The number of hydrogen-bond acceptors (Lipinski definition) is 6. The molecule has 3 aromatic rings. The van der Waals surface area contributed by atoms with Crippen LogP contribution in [0.25, 0.3) is 5.76 Å². The highest BCUT2D eigenvalue weighted by molar-refractivity contribution is 6.51. The van der Waals surface area contributed by atoms with Crippen molar-refractivity contribution >= 4 is 23.1 Å². The van der Waals surface area contributed by atoms with Crippen LogP contribution in [0.4, 0.5) is 5.69 Å². The Hall–Kier alpha value is -4.00. The minimum absolute atomic E-state index is 0.0775. The van der Waals surface area contributed by atoms with Crippen molar-refractivity contribution in [3.63, 3.8) is 0 Å². The van der Waals surface area contributed by atoms with Gasteiger partial charge in [-0.2, -0.15) is 0 Å². The monoisotopic (exact) mass is 447 g/mol. The lowest BCUT2D eigenvalue weighted by molar-refractivity contribution is -0.132. The molecule has 0 saturated carbocycles. The molecular weight excluding hydrogens is 422 g/mol. The zero-order chi connectivity index (χ0) is 23.7. The van der Waals surface area contributed by atoms with Gasteiger partial charge in [-0.25, -0.2) is 0 Å². The van der Waals surface area contributed by atoms with Crippen LogP contribution in [-0.4, -0.2) is 31.0 Å². The molecule has 1 amide bonds. The van der Waals surface area contributed by atoms with Crippen LogP contribution in [0.5, 0.6) is 11.5 Å². The molecule has 1 atom stereocenters. The molecule has 7 heteroatoms. The summed E-state index contributed by atoms with van der Waals surface area (Å²) in [5, 5.41) is 11.3. The van der Waals surface area contributed by atoms with Crippen LogP contribution >= 0.6 is 0 Å². The number of methoxy groups -OCH3 is 2. The maximum absolute atomic E-state index is 13.2. The largest absolute Gasteiger partial charge is 0.507 e. The van der Waals surface area contributed by atoms with Gasteiger partial charge in [0, 0.05) is 11.8 Å². The van der Waals surface area contributed by atoms with Crippen molar-refractivity contribution in [3.8, 4) is 11.5 Å². The van der Waals surface area contributed by atoms with E-state index in [0.29, 0.717) is 28.9 Å². The highest BCUT2D eigenvalue weighted by Gasteiger charge is 2.48. The molecule has 1 aliphatic rings. The minimum Gasteiger partial charge on any atom is -0.507 e. The molecule has 170 valence electrons. The molecule has 4 rings (SSSR count). The third kappa shape index (κ3) is 3.86. The number of furan rings is 1. The Labute approximate surface area is 191 Å². The van der Waals surface area contributed by atoms with Gasteiger partial charge in [0.1, 0.15) is 29.1 Å². The van der Waals surface area contributed by atoms with Crippen LogP contribution in [-0.2, 0) is 9.59 Å². The Morgan fingerprint density at radius 2 is 1.76 bits per heavy atom. The zero-order valence-corrected chi connectivity index (χ0v) is 18.9. The number of carbonyl (C=O) groups is 2.